The van der Waals surface area contributed by atoms with Gasteiger partial charge in [0.2, 0.25) is 5.56 Å². The standard InChI is InChI=1S/C10H5ClF3NO/c11-5-1-2-8-6(3-5)7(10(12,13)14)4-9(16)15-8/h1-4H,(H,15,16). The number of pyridine rings is 1. The summed E-state index contributed by atoms with van der Waals surface area (Å²) in [6.45, 7) is 0. The second-order valence-electron chi connectivity index (χ2n) is 3.23. The van der Waals surface area contributed by atoms with Gasteiger partial charge in [0.05, 0.1) is 5.56 Å². The normalized spacial score (nSPS) is 12.0. The zero-order chi connectivity index (χ0) is 11.9. The Labute approximate surface area is 92.7 Å². The lowest BCUT2D eigenvalue weighted by Crippen LogP contribution is -2.13. The van der Waals surface area contributed by atoms with Crippen LogP contribution >= 0.6 is 11.6 Å². The quantitative estimate of drug-likeness (QED) is 0.762. The summed E-state index contributed by atoms with van der Waals surface area (Å²) in [5.41, 5.74) is -1.65. The van der Waals surface area contributed by atoms with Crippen molar-refractivity contribution >= 4 is 22.5 Å². The van der Waals surface area contributed by atoms with Crippen LogP contribution in [0.15, 0.2) is 29.1 Å². The number of benzene rings is 1. The third-order valence-corrected chi connectivity index (χ3v) is 2.35. The molecule has 2 nitrogen and oxygen atoms in total. The van der Waals surface area contributed by atoms with Crippen LogP contribution in [0.25, 0.3) is 10.9 Å². The van der Waals surface area contributed by atoms with Crippen LogP contribution in [0.1, 0.15) is 5.56 Å². The molecule has 0 aliphatic rings. The molecule has 0 radical (unpaired) electrons. The summed E-state index contributed by atoms with van der Waals surface area (Å²) < 4.78 is 37.9. The van der Waals surface area contributed by atoms with Crippen molar-refractivity contribution in [2.75, 3.05) is 0 Å². The monoisotopic (exact) mass is 247 g/mol. The molecule has 84 valence electrons. The maximum absolute atomic E-state index is 12.6. The highest BCUT2D eigenvalue weighted by molar-refractivity contribution is 6.31. The first-order valence-corrected chi connectivity index (χ1v) is 4.65. The summed E-state index contributed by atoms with van der Waals surface area (Å²) in [7, 11) is 0. The van der Waals surface area contributed by atoms with Crippen LogP contribution in [0.4, 0.5) is 13.2 Å². The van der Waals surface area contributed by atoms with Crippen LogP contribution in [-0.4, -0.2) is 4.98 Å². The molecule has 0 fully saturated rings. The van der Waals surface area contributed by atoms with E-state index in [2.05, 4.69) is 4.98 Å². The minimum Gasteiger partial charge on any atom is -0.322 e. The zero-order valence-corrected chi connectivity index (χ0v) is 8.49. The molecule has 0 saturated carbocycles. The number of rotatable bonds is 0. The molecule has 1 N–H and O–H groups in total. The van der Waals surface area contributed by atoms with Crippen LogP contribution in [0.2, 0.25) is 5.02 Å². The fourth-order valence-electron chi connectivity index (χ4n) is 1.46. The van der Waals surface area contributed by atoms with Crippen molar-refractivity contribution in [1.82, 2.24) is 4.98 Å². The second kappa shape index (κ2) is 3.52. The third-order valence-electron chi connectivity index (χ3n) is 2.11. The van der Waals surface area contributed by atoms with E-state index in [4.69, 9.17) is 11.6 Å². The summed E-state index contributed by atoms with van der Waals surface area (Å²) >= 11 is 5.62. The molecular formula is C10H5ClF3NO. The highest BCUT2D eigenvalue weighted by Gasteiger charge is 2.33. The van der Waals surface area contributed by atoms with Gasteiger partial charge in [-0.05, 0) is 18.2 Å². The Hall–Kier alpha value is -1.49. The maximum atomic E-state index is 12.6. The van der Waals surface area contributed by atoms with Gasteiger partial charge < -0.3 is 4.98 Å². The predicted octanol–water partition coefficient (Wildman–Crippen LogP) is 3.20. The SMILES string of the molecule is O=c1cc(C(F)(F)F)c2cc(Cl)ccc2[nH]1. The molecule has 1 aromatic heterocycles. The molecule has 0 amide bonds. The first-order valence-electron chi connectivity index (χ1n) is 4.28. The predicted molar refractivity (Wildman–Crippen MR) is 54.6 cm³/mol. The van der Waals surface area contributed by atoms with Crippen molar-refractivity contribution in [2.24, 2.45) is 0 Å². The van der Waals surface area contributed by atoms with Gasteiger partial charge in [0.15, 0.2) is 0 Å². The zero-order valence-electron chi connectivity index (χ0n) is 7.73. The molecule has 0 aliphatic carbocycles. The summed E-state index contributed by atoms with van der Waals surface area (Å²) in [4.78, 5) is 13.4. The lowest BCUT2D eigenvalue weighted by atomic mass is 10.1. The fourth-order valence-corrected chi connectivity index (χ4v) is 1.63. The second-order valence-corrected chi connectivity index (χ2v) is 3.67. The van der Waals surface area contributed by atoms with Gasteiger partial charge in [0.25, 0.3) is 0 Å². The van der Waals surface area contributed by atoms with E-state index in [1.807, 2.05) is 0 Å². The summed E-state index contributed by atoms with van der Waals surface area (Å²) in [6.07, 6.45) is -4.57. The smallest absolute Gasteiger partial charge is 0.322 e. The molecule has 16 heavy (non-hydrogen) atoms. The molecule has 0 spiro atoms. The van der Waals surface area contributed by atoms with E-state index in [1.165, 1.54) is 18.2 Å². The maximum Gasteiger partial charge on any atom is 0.417 e. The molecule has 0 saturated heterocycles. The van der Waals surface area contributed by atoms with E-state index in [-0.39, 0.29) is 15.9 Å². The van der Waals surface area contributed by atoms with Crippen LogP contribution < -0.4 is 5.56 Å². The Bertz CT molecular complexity index is 603. The minimum absolute atomic E-state index is 0.111. The van der Waals surface area contributed by atoms with Crippen molar-refractivity contribution in [3.63, 3.8) is 0 Å². The summed E-state index contributed by atoms with van der Waals surface area (Å²) in [5, 5.41) is 0.0737. The van der Waals surface area contributed by atoms with E-state index in [1.54, 1.807) is 0 Å². The highest BCUT2D eigenvalue weighted by Crippen LogP contribution is 2.33. The van der Waals surface area contributed by atoms with Gasteiger partial charge in [-0.1, -0.05) is 11.6 Å². The molecule has 1 aromatic carbocycles. The number of hydrogen-bond donors (Lipinski definition) is 1. The van der Waals surface area contributed by atoms with E-state index in [9.17, 15) is 18.0 Å². The molecular weight excluding hydrogens is 243 g/mol. The number of H-pyrrole nitrogens is 1. The first kappa shape index (κ1) is 11.0. The molecule has 0 atom stereocenters. The Balaban J connectivity index is 2.91. The van der Waals surface area contributed by atoms with Crippen molar-refractivity contribution in [3.8, 4) is 0 Å². The molecule has 0 aliphatic heterocycles. The Kier molecular flexibility index (Phi) is 2.42. The van der Waals surface area contributed by atoms with Gasteiger partial charge in [-0.25, -0.2) is 0 Å². The number of aromatic nitrogens is 1. The molecule has 2 rings (SSSR count). The van der Waals surface area contributed by atoms with Gasteiger partial charge in [-0.15, -0.1) is 0 Å². The molecule has 1 heterocycles. The lowest BCUT2D eigenvalue weighted by molar-refractivity contribution is -0.136. The number of fused-ring (bicyclic) bond motifs is 1. The number of halogens is 4. The first-order chi connectivity index (χ1) is 7.38. The van der Waals surface area contributed by atoms with Gasteiger partial charge >= 0.3 is 6.18 Å². The Morgan fingerprint density at radius 2 is 1.88 bits per heavy atom. The average Bonchev–Trinajstić information content (AvgIpc) is 2.16. The number of nitrogens with one attached hydrogen (secondary N) is 1. The largest absolute Gasteiger partial charge is 0.417 e. The van der Waals surface area contributed by atoms with Gasteiger partial charge in [0.1, 0.15) is 0 Å². The number of hydrogen-bond acceptors (Lipinski definition) is 1. The summed E-state index contributed by atoms with van der Waals surface area (Å²) in [6, 6.07) is 4.46. The van der Waals surface area contributed by atoms with Gasteiger partial charge in [0, 0.05) is 22.0 Å². The minimum atomic E-state index is -4.57. The van der Waals surface area contributed by atoms with Crippen molar-refractivity contribution in [2.45, 2.75) is 6.18 Å². The van der Waals surface area contributed by atoms with E-state index < -0.39 is 17.3 Å². The summed E-state index contributed by atoms with van der Waals surface area (Å²) in [5.74, 6) is 0. The lowest BCUT2D eigenvalue weighted by Gasteiger charge is -2.09. The Morgan fingerprint density at radius 1 is 1.19 bits per heavy atom. The van der Waals surface area contributed by atoms with Crippen LogP contribution in [0, 0.1) is 0 Å². The topological polar surface area (TPSA) is 32.9 Å². The molecule has 2 aromatic rings. The van der Waals surface area contributed by atoms with Crippen LogP contribution in [0.5, 0.6) is 0 Å². The molecule has 0 unspecified atom stereocenters. The van der Waals surface area contributed by atoms with Crippen LogP contribution in [0.3, 0.4) is 0 Å². The van der Waals surface area contributed by atoms with Crippen molar-refractivity contribution < 1.29 is 13.2 Å². The molecule has 0 bridgehead atoms. The van der Waals surface area contributed by atoms with E-state index in [0.717, 1.165) is 0 Å². The fraction of sp³-hybridized carbons (Fsp3) is 0.100. The van der Waals surface area contributed by atoms with Crippen LogP contribution in [-0.2, 0) is 6.18 Å². The Morgan fingerprint density at radius 3 is 2.50 bits per heavy atom. The van der Waals surface area contributed by atoms with Crippen molar-refractivity contribution in [3.05, 3.63) is 45.2 Å². The third kappa shape index (κ3) is 1.90. The van der Waals surface area contributed by atoms with Crippen molar-refractivity contribution in [1.29, 1.82) is 0 Å². The van der Waals surface area contributed by atoms with Gasteiger partial charge in [-0.3, -0.25) is 4.79 Å². The number of aromatic amines is 1. The van der Waals surface area contributed by atoms with E-state index in [0.29, 0.717) is 6.07 Å². The van der Waals surface area contributed by atoms with E-state index >= 15 is 0 Å². The average molecular weight is 248 g/mol. The van der Waals surface area contributed by atoms with Gasteiger partial charge in [-0.2, -0.15) is 13.2 Å². The molecule has 6 heteroatoms. The number of alkyl halides is 3. The highest BCUT2D eigenvalue weighted by atomic mass is 35.5.